The average molecular weight is 282 g/mol. The van der Waals surface area contributed by atoms with Crippen molar-refractivity contribution in [3.05, 3.63) is 71.8 Å². The van der Waals surface area contributed by atoms with E-state index in [1.807, 2.05) is 48.5 Å². The number of benzene rings is 2. The van der Waals surface area contributed by atoms with E-state index in [0.717, 1.165) is 18.4 Å². The summed E-state index contributed by atoms with van der Waals surface area (Å²) in [4.78, 5) is 12.0. The molecule has 21 heavy (non-hydrogen) atoms. The predicted octanol–water partition coefficient (Wildman–Crippen LogP) is 4.39. The van der Waals surface area contributed by atoms with Crippen LogP contribution in [0.1, 0.15) is 30.9 Å². The van der Waals surface area contributed by atoms with Crippen LogP contribution in [0.3, 0.4) is 0 Å². The molecular formula is C19H22O2. The summed E-state index contributed by atoms with van der Waals surface area (Å²) in [6.45, 7) is 2.49. The minimum Gasteiger partial charge on any atom is -0.461 e. The molecular weight excluding hydrogens is 260 g/mol. The average Bonchev–Trinajstić information content (AvgIpc) is 2.54. The molecule has 2 rings (SSSR count). The summed E-state index contributed by atoms with van der Waals surface area (Å²) in [5.41, 5.74) is 2.31. The van der Waals surface area contributed by atoms with Gasteiger partial charge >= 0.3 is 5.97 Å². The van der Waals surface area contributed by atoms with Crippen molar-refractivity contribution in [3.63, 3.8) is 0 Å². The molecule has 0 amide bonds. The van der Waals surface area contributed by atoms with Gasteiger partial charge < -0.3 is 4.74 Å². The Kier molecular flexibility index (Phi) is 6.01. The Balaban J connectivity index is 1.80. The van der Waals surface area contributed by atoms with E-state index in [2.05, 4.69) is 19.1 Å². The molecule has 0 saturated heterocycles. The lowest BCUT2D eigenvalue weighted by atomic mass is 9.94. The molecule has 2 aromatic carbocycles. The van der Waals surface area contributed by atoms with Gasteiger partial charge in [0, 0.05) is 6.42 Å². The molecule has 0 aromatic heterocycles. The second-order valence-corrected chi connectivity index (χ2v) is 5.31. The van der Waals surface area contributed by atoms with E-state index in [1.165, 1.54) is 5.56 Å². The monoisotopic (exact) mass is 282 g/mol. The molecule has 0 fully saturated rings. The number of esters is 1. The van der Waals surface area contributed by atoms with Gasteiger partial charge in [0.05, 0.1) is 0 Å². The van der Waals surface area contributed by atoms with Crippen molar-refractivity contribution in [1.82, 2.24) is 0 Å². The summed E-state index contributed by atoms with van der Waals surface area (Å²) >= 11 is 0. The molecule has 2 aromatic rings. The van der Waals surface area contributed by atoms with E-state index in [9.17, 15) is 4.79 Å². The minimum absolute atomic E-state index is 0.110. The maximum absolute atomic E-state index is 12.0. The van der Waals surface area contributed by atoms with E-state index in [-0.39, 0.29) is 5.97 Å². The van der Waals surface area contributed by atoms with Gasteiger partial charge in [-0.2, -0.15) is 0 Å². The van der Waals surface area contributed by atoms with Gasteiger partial charge in [-0.15, -0.1) is 0 Å². The predicted molar refractivity (Wildman–Crippen MR) is 84.8 cm³/mol. The molecule has 0 N–H and O–H groups in total. The van der Waals surface area contributed by atoms with Crippen molar-refractivity contribution in [2.24, 2.45) is 5.92 Å². The number of hydrogen-bond donors (Lipinski definition) is 0. The van der Waals surface area contributed by atoms with Crippen LogP contribution in [0, 0.1) is 5.92 Å². The summed E-state index contributed by atoms with van der Waals surface area (Å²) in [6, 6.07) is 20.1. The van der Waals surface area contributed by atoms with Gasteiger partial charge in [-0.3, -0.25) is 4.79 Å². The third-order valence-electron chi connectivity index (χ3n) is 3.64. The van der Waals surface area contributed by atoms with Crippen LogP contribution in [-0.4, -0.2) is 5.97 Å². The Morgan fingerprint density at radius 3 is 2.10 bits per heavy atom. The quantitative estimate of drug-likeness (QED) is 0.704. The van der Waals surface area contributed by atoms with Crippen molar-refractivity contribution < 1.29 is 9.53 Å². The highest BCUT2D eigenvalue weighted by atomic mass is 16.5. The Morgan fingerprint density at radius 1 is 0.952 bits per heavy atom. The first-order chi connectivity index (χ1) is 10.3. The van der Waals surface area contributed by atoms with E-state index in [0.29, 0.717) is 18.9 Å². The lowest BCUT2D eigenvalue weighted by Gasteiger charge is -2.14. The standard InChI is InChI=1S/C19H22O2/c1-2-16(13-17-9-5-3-6-10-17)14-19(20)21-15-18-11-7-4-8-12-18/h3-12,16H,2,13-15H2,1H3. The SMILES string of the molecule is CCC(CC(=O)OCc1ccccc1)Cc1ccccc1. The topological polar surface area (TPSA) is 26.3 Å². The first-order valence-electron chi connectivity index (χ1n) is 7.51. The molecule has 1 unspecified atom stereocenters. The van der Waals surface area contributed by atoms with Gasteiger partial charge in [-0.1, -0.05) is 74.0 Å². The van der Waals surface area contributed by atoms with Crippen LogP contribution in [0.4, 0.5) is 0 Å². The fourth-order valence-corrected chi connectivity index (χ4v) is 2.34. The van der Waals surface area contributed by atoms with Gasteiger partial charge in [-0.05, 0) is 23.5 Å². The maximum atomic E-state index is 12.0. The molecule has 0 aliphatic carbocycles. The van der Waals surface area contributed by atoms with Crippen LogP contribution in [-0.2, 0) is 22.6 Å². The van der Waals surface area contributed by atoms with Crippen molar-refractivity contribution >= 4 is 5.97 Å². The first-order valence-corrected chi connectivity index (χ1v) is 7.51. The molecule has 110 valence electrons. The van der Waals surface area contributed by atoms with Gasteiger partial charge in [-0.25, -0.2) is 0 Å². The van der Waals surface area contributed by atoms with Crippen molar-refractivity contribution in [2.75, 3.05) is 0 Å². The normalized spacial score (nSPS) is 11.9. The first kappa shape index (κ1) is 15.3. The number of carbonyl (C=O) groups is 1. The van der Waals surface area contributed by atoms with Crippen LogP contribution in [0.2, 0.25) is 0 Å². The Hall–Kier alpha value is -2.09. The molecule has 0 aliphatic heterocycles. The number of rotatable bonds is 7. The highest BCUT2D eigenvalue weighted by Crippen LogP contribution is 2.17. The lowest BCUT2D eigenvalue weighted by Crippen LogP contribution is -2.13. The Labute approximate surface area is 126 Å². The van der Waals surface area contributed by atoms with Gasteiger partial charge in [0.25, 0.3) is 0 Å². The van der Waals surface area contributed by atoms with E-state index >= 15 is 0 Å². The highest BCUT2D eigenvalue weighted by Gasteiger charge is 2.14. The molecule has 2 nitrogen and oxygen atoms in total. The largest absolute Gasteiger partial charge is 0.461 e. The van der Waals surface area contributed by atoms with Crippen LogP contribution < -0.4 is 0 Å². The highest BCUT2D eigenvalue weighted by molar-refractivity contribution is 5.69. The molecule has 0 heterocycles. The lowest BCUT2D eigenvalue weighted by molar-refractivity contribution is -0.146. The number of ether oxygens (including phenoxy) is 1. The fourth-order valence-electron chi connectivity index (χ4n) is 2.34. The van der Waals surface area contributed by atoms with Gasteiger partial charge in [0.2, 0.25) is 0 Å². The Morgan fingerprint density at radius 2 is 1.52 bits per heavy atom. The van der Waals surface area contributed by atoms with Gasteiger partial charge in [0.1, 0.15) is 6.61 Å². The van der Waals surface area contributed by atoms with Crippen molar-refractivity contribution in [2.45, 2.75) is 32.8 Å². The molecule has 0 bridgehead atoms. The molecule has 1 atom stereocenters. The number of hydrogen-bond acceptors (Lipinski definition) is 2. The van der Waals surface area contributed by atoms with Gasteiger partial charge in [0.15, 0.2) is 0 Å². The summed E-state index contributed by atoms with van der Waals surface area (Å²) in [5, 5.41) is 0. The summed E-state index contributed by atoms with van der Waals surface area (Å²) < 4.78 is 5.36. The molecule has 0 saturated carbocycles. The minimum atomic E-state index is -0.110. The maximum Gasteiger partial charge on any atom is 0.306 e. The van der Waals surface area contributed by atoms with Crippen LogP contribution in [0.15, 0.2) is 60.7 Å². The molecule has 2 heteroatoms. The zero-order chi connectivity index (χ0) is 14.9. The van der Waals surface area contributed by atoms with E-state index < -0.39 is 0 Å². The molecule has 0 spiro atoms. The second-order valence-electron chi connectivity index (χ2n) is 5.31. The van der Waals surface area contributed by atoms with E-state index in [4.69, 9.17) is 4.74 Å². The van der Waals surface area contributed by atoms with Crippen LogP contribution >= 0.6 is 0 Å². The second kappa shape index (κ2) is 8.25. The third-order valence-corrected chi connectivity index (χ3v) is 3.64. The summed E-state index contributed by atoms with van der Waals surface area (Å²) in [6.07, 6.45) is 2.39. The van der Waals surface area contributed by atoms with E-state index in [1.54, 1.807) is 0 Å². The van der Waals surface area contributed by atoms with Crippen LogP contribution in [0.5, 0.6) is 0 Å². The summed E-state index contributed by atoms with van der Waals surface area (Å²) in [7, 11) is 0. The van der Waals surface area contributed by atoms with Crippen LogP contribution in [0.25, 0.3) is 0 Å². The molecule has 0 aliphatic rings. The molecule has 0 radical (unpaired) electrons. The third kappa shape index (κ3) is 5.42. The number of carbonyl (C=O) groups excluding carboxylic acids is 1. The Bertz CT molecular complexity index is 534. The zero-order valence-corrected chi connectivity index (χ0v) is 12.5. The summed E-state index contributed by atoms with van der Waals surface area (Å²) in [5.74, 6) is 0.234. The smallest absolute Gasteiger partial charge is 0.306 e. The zero-order valence-electron chi connectivity index (χ0n) is 12.5. The van der Waals surface area contributed by atoms with Crippen molar-refractivity contribution in [3.8, 4) is 0 Å². The fraction of sp³-hybridized carbons (Fsp3) is 0.316. The van der Waals surface area contributed by atoms with Crippen molar-refractivity contribution in [1.29, 1.82) is 0 Å².